The lowest BCUT2D eigenvalue weighted by molar-refractivity contribution is 0.360. The zero-order valence-corrected chi connectivity index (χ0v) is 11.2. The van der Waals surface area contributed by atoms with Gasteiger partial charge in [0.1, 0.15) is 5.82 Å². The molecule has 0 unspecified atom stereocenters. The molecule has 0 spiro atoms. The molecule has 2 N–H and O–H groups in total. The van der Waals surface area contributed by atoms with Gasteiger partial charge in [0, 0.05) is 12.7 Å². The lowest BCUT2D eigenvalue weighted by Gasteiger charge is -2.16. The van der Waals surface area contributed by atoms with Gasteiger partial charge in [-0.2, -0.15) is 4.98 Å². The van der Waals surface area contributed by atoms with Crippen molar-refractivity contribution in [3.63, 3.8) is 0 Å². The molecule has 0 saturated heterocycles. The van der Waals surface area contributed by atoms with Gasteiger partial charge in [-0.1, -0.05) is 5.16 Å². The van der Waals surface area contributed by atoms with Gasteiger partial charge in [-0.3, -0.25) is 0 Å². The second-order valence-electron chi connectivity index (χ2n) is 5.07. The molecule has 0 bridgehead atoms. The molecular formula is C13H17FN4O. The quantitative estimate of drug-likeness (QED) is 0.915. The summed E-state index contributed by atoms with van der Waals surface area (Å²) in [4.78, 5) is 6.14. The number of halogens is 1. The summed E-state index contributed by atoms with van der Waals surface area (Å²) in [6.45, 7) is 4.06. The van der Waals surface area contributed by atoms with E-state index in [0.717, 1.165) is 5.69 Å². The predicted octanol–water partition coefficient (Wildman–Crippen LogP) is 2.04. The smallest absolute Gasteiger partial charge is 0.246 e. The Balaban J connectivity index is 2.08. The number of hydrogen-bond acceptors (Lipinski definition) is 5. The molecule has 1 heterocycles. The van der Waals surface area contributed by atoms with Crippen molar-refractivity contribution in [1.82, 2.24) is 10.1 Å². The summed E-state index contributed by atoms with van der Waals surface area (Å²) >= 11 is 0. The van der Waals surface area contributed by atoms with E-state index in [9.17, 15) is 4.39 Å². The number of benzene rings is 1. The van der Waals surface area contributed by atoms with E-state index in [2.05, 4.69) is 10.1 Å². The Hall–Kier alpha value is -1.95. The third-order valence-corrected chi connectivity index (χ3v) is 2.68. The largest absolute Gasteiger partial charge is 0.365 e. The van der Waals surface area contributed by atoms with Gasteiger partial charge in [0.25, 0.3) is 0 Å². The summed E-state index contributed by atoms with van der Waals surface area (Å²) in [6.07, 6.45) is 0. The van der Waals surface area contributed by atoms with Crippen molar-refractivity contribution in [1.29, 1.82) is 0 Å². The van der Waals surface area contributed by atoms with E-state index in [1.807, 2.05) is 25.8 Å². The summed E-state index contributed by atoms with van der Waals surface area (Å²) in [5.41, 5.74) is 6.13. The molecule has 6 heteroatoms. The molecule has 0 amide bonds. The number of anilines is 1. The summed E-state index contributed by atoms with van der Waals surface area (Å²) in [7, 11) is 1.87. The van der Waals surface area contributed by atoms with Crippen LogP contribution in [0, 0.1) is 5.82 Å². The van der Waals surface area contributed by atoms with Crippen LogP contribution in [0.4, 0.5) is 10.1 Å². The average Bonchev–Trinajstić information content (AvgIpc) is 2.78. The van der Waals surface area contributed by atoms with Gasteiger partial charge < -0.3 is 15.2 Å². The van der Waals surface area contributed by atoms with Gasteiger partial charge in [-0.15, -0.1) is 0 Å². The number of rotatable bonds is 4. The Morgan fingerprint density at radius 1 is 1.32 bits per heavy atom. The lowest BCUT2D eigenvalue weighted by Crippen LogP contribution is -2.30. The molecule has 0 radical (unpaired) electrons. The first-order chi connectivity index (χ1) is 8.86. The predicted molar refractivity (Wildman–Crippen MR) is 70.0 cm³/mol. The van der Waals surface area contributed by atoms with Gasteiger partial charge in [-0.05, 0) is 38.1 Å². The van der Waals surface area contributed by atoms with Crippen molar-refractivity contribution in [3.8, 4) is 0 Å². The molecule has 0 fully saturated rings. The first kappa shape index (κ1) is 13.5. The van der Waals surface area contributed by atoms with E-state index >= 15 is 0 Å². The Morgan fingerprint density at radius 3 is 2.47 bits per heavy atom. The van der Waals surface area contributed by atoms with Gasteiger partial charge in [0.05, 0.1) is 12.1 Å². The maximum absolute atomic E-state index is 12.8. The molecule has 19 heavy (non-hydrogen) atoms. The standard InChI is InChI=1S/C13H17FN4O/c1-13(2,15)12-16-11(19-17-12)8-18(3)10-6-4-9(14)5-7-10/h4-7H,8,15H2,1-3H3. The van der Waals surface area contributed by atoms with Crippen LogP contribution in [-0.4, -0.2) is 17.2 Å². The third-order valence-electron chi connectivity index (χ3n) is 2.68. The first-order valence-electron chi connectivity index (χ1n) is 5.95. The first-order valence-corrected chi connectivity index (χ1v) is 5.95. The van der Waals surface area contributed by atoms with Crippen LogP contribution in [0.25, 0.3) is 0 Å². The van der Waals surface area contributed by atoms with Crippen molar-refractivity contribution in [2.24, 2.45) is 5.73 Å². The molecule has 5 nitrogen and oxygen atoms in total. The number of aromatic nitrogens is 2. The average molecular weight is 264 g/mol. The zero-order valence-electron chi connectivity index (χ0n) is 11.2. The van der Waals surface area contributed by atoms with Crippen molar-refractivity contribution in [2.75, 3.05) is 11.9 Å². The van der Waals surface area contributed by atoms with Crippen LogP contribution in [0.5, 0.6) is 0 Å². The second-order valence-corrected chi connectivity index (χ2v) is 5.07. The van der Waals surface area contributed by atoms with Crippen LogP contribution in [0.2, 0.25) is 0 Å². The van der Waals surface area contributed by atoms with E-state index < -0.39 is 5.54 Å². The summed E-state index contributed by atoms with van der Waals surface area (Å²) < 4.78 is 18.0. The van der Waals surface area contributed by atoms with Gasteiger partial charge in [0.2, 0.25) is 5.89 Å². The Morgan fingerprint density at radius 2 is 1.95 bits per heavy atom. The fraction of sp³-hybridized carbons (Fsp3) is 0.385. The van der Waals surface area contributed by atoms with E-state index in [-0.39, 0.29) is 5.82 Å². The van der Waals surface area contributed by atoms with Crippen LogP contribution >= 0.6 is 0 Å². The number of hydrogen-bond donors (Lipinski definition) is 1. The van der Waals surface area contributed by atoms with Crippen LogP contribution in [0.15, 0.2) is 28.8 Å². The highest BCUT2D eigenvalue weighted by Gasteiger charge is 2.21. The van der Waals surface area contributed by atoms with Crippen LogP contribution in [0.1, 0.15) is 25.6 Å². The molecule has 1 aromatic heterocycles. The highest BCUT2D eigenvalue weighted by molar-refractivity contribution is 5.45. The molecule has 0 aliphatic heterocycles. The molecule has 0 atom stereocenters. The Kier molecular flexibility index (Phi) is 3.53. The van der Waals surface area contributed by atoms with Gasteiger partial charge in [0.15, 0.2) is 5.82 Å². The van der Waals surface area contributed by atoms with Crippen molar-refractivity contribution in [3.05, 3.63) is 41.8 Å². The minimum absolute atomic E-state index is 0.262. The fourth-order valence-corrected chi connectivity index (χ4v) is 1.57. The van der Waals surface area contributed by atoms with Crippen molar-refractivity contribution >= 4 is 5.69 Å². The topological polar surface area (TPSA) is 68.2 Å². The normalized spacial score (nSPS) is 11.6. The highest BCUT2D eigenvalue weighted by atomic mass is 19.1. The van der Waals surface area contributed by atoms with Crippen LogP contribution in [0.3, 0.4) is 0 Å². The van der Waals surface area contributed by atoms with E-state index in [1.54, 1.807) is 12.1 Å². The van der Waals surface area contributed by atoms with Crippen molar-refractivity contribution in [2.45, 2.75) is 25.9 Å². The molecule has 0 aliphatic rings. The maximum atomic E-state index is 12.8. The minimum atomic E-state index is -0.629. The Bertz CT molecular complexity index is 545. The van der Waals surface area contributed by atoms with Crippen LogP contribution in [-0.2, 0) is 12.1 Å². The maximum Gasteiger partial charge on any atom is 0.246 e. The molecule has 102 valence electrons. The SMILES string of the molecule is CN(Cc1nc(C(C)(C)N)no1)c1ccc(F)cc1. The second kappa shape index (κ2) is 4.97. The molecule has 0 aliphatic carbocycles. The number of nitrogens with zero attached hydrogens (tertiary/aromatic N) is 3. The molecule has 2 aromatic rings. The molecule has 0 saturated carbocycles. The van der Waals surface area contributed by atoms with Gasteiger partial charge >= 0.3 is 0 Å². The molecule has 2 rings (SSSR count). The summed E-state index contributed by atoms with van der Waals surface area (Å²) in [6, 6.07) is 6.21. The molecule has 1 aromatic carbocycles. The minimum Gasteiger partial charge on any atom is -0.365 e. The Labute approximate surface area is 111 Å². The lowest BCUT2D eigenvalue weighted by atomic mass is 10.1. The summed E-state index contributed by atoms with van der Waals surface area (Å²) in [5, 5.41) is 3.85. The molecular weight excluding hydrogens is 247 g/mol. The third kappa shape index (κ3) is 3.29. The highest BCUT2D eigenvalue weighted by Crippen LogP contribution is 2.17. The van der Waals surface area contributed by atoms with Crippen LogP contribution < -0.4 is 10.6 Å². The zero-order chi connectivity index (χ0) is 14.0. The number of nitrogens with two attached hydrogens (primary N) is 1. The monoisotopic (exact) mass is 264 g/mol. The van der Waals surface area contributed by atoms with E-state index in [0.29, 0.717) is 18.3 Å². The fourth-order valence-electron chi connectivity index (χ4n) is 1.57. The van der Waals surface area contributed by atoms with E-state index in [1.165, 1.54) is 12.1 Å². The van der Waals surface area contributed by atoms with Crippen molar-refractivity contribution < 1.29 is 8.91 Å². The van der Waals surface area contributed by atoms with E-state index in [4.69, 9.17) is 10.3 Å². The summed E-state index contributed by atoms with van der Waals surface area (Å²) in [5.74, 6) is 0.678. The van der Waals surface area contributed by atoms with Gasteiger partial charge in [-0.25, -0.2) is 4.39 Å².